The van der Waals surface area contributed by atoms with Crippen molar-refractivity contribution in [3.05, 3.63) is 48.0 Å². The Hall–Kier alpha value is -2.29. The highest BCUT2D eigenvalue weighted by molar-refractivity contribution is 7.89. The van der Waals surface area contributed by atoms with Crippen LogP contribution in [0.5, 0.6) is 17.2 Å². The molecule has 2 aromatic rings. The summed E-state index contributed by atoms with van der Waals surface area (Å²) in [6.07, 6.45) is 2.23. The van der Waals surface area contributed by atoms with Crippen molar-refractivity contribution in [3.8, 4) is 17.2 Å². The van der Waals surface area contributed by atoms with E-state index in [0.29, 0.717) is 11.5 Å². The summed E-state index contributed by atoms with van der Waals surface area (Å²) >= 11 is 0. The molecule has 1 atom stereocenters. The van der Waals surface area contributed by atoms with E-state index in [1.165, 1.54) is 0 Å². The lowest BCUT2D eigenvalue weighted by Crippen LogP contribution is -2.36. The SMILES string of the molecule is COc1ccc(S(=O)(=O)NCC(c2ccc3c(c2)OCO3)N2CCCC2)cc1. The van der Waals surface area contributed by atoms with Crippen LogP contribution in [0.15, 0.2) is 47.4 Å². The second kappa shape index (κ2) is 7.98. The van der Waals surface area contributed by atoms with Crippen molar-refractivity contribution in [3.63, 3.8) is 0 Å². The minimum Gasteiger partial charge on any atom is -0.497 e. The fourth-order valence-electron chi connectivity index (χ4n) is 3.66. The zero-order valence-corrected chi connectivity index (χ0v) is 16.6. The molecule has 0 aromatic heterocycles. The number of sulfonamides is 1. The number of ether oxygens (including phenoxy) is 3. The summed E-state index contributed by atoms with van der Waals surface area (Å²) in [4.78, 5) is 2.54. The van der Waals surface area contributed by atoms with Crippen LogP contribution in [0.3, 0.4) is 0 Å². The maximum absolute atomic E-state index is 12.8. The predicted molar refractivity (Wildman–Crippen MR) is 104 cm³/mol. The van der Waals surface area contributed by atoms with Gasteiger partial charge in [-0.3, -0.25) is 4.90 Å². The summed E-state index contributed by atoms with van der Waals surface area (Å²) in [6, 6.07) is 12.1. The molecule has 28 heavy (non-hydrogen) atoms. The average Bonchev–Trinajstić information content (AvgIpc) is 3.40. The summed E-state index contributed by atoms with van der Waals surface area (Å²) in [5.74, 6) is 2.05. The van der Waals surface area contributed by atoms with Gasteiger partial charge in [-0.25, -0.2) is 13.1 Å². The summed E-state index contributed by atoms with van der Waals surface area (Å²) in [5, 5.41) is 0. The van der Waals surface area contributed by atoms with Crippen LogP contribution in [-0.4, -0.2) is 46.9 Å². The topological polar surface area (TPSA) is 77.1 Å². The lowest BCUT2D eigenvalue weighted by atomic mass is 10.1. The Bertz CT molecular complexity index is 924. The van der Waals surface area contributed by atoms with E-state index in [1.54, 1.807) is 31.4 Å². The lowest BCUT2D eigenvalue weighted by molar-refractivity contribution is 0.173. The summed E-state index contributed by atoms with van der Waals surface area (Å²) in [7, 11) is -2.07. The molecule has 0 aliphatic carbocycles. The standard InChI is InChI=1S/C20H24N2O5S/c1-25-16-5-7-17(8-6-16)28(23,24)21-13-18(22-10-2-3-11-22)15-4-9-19-20(12-15)27-14-26-19/h4-9,12,18,21H,2-3,10-11,13-14H2,1H3. The third kappa shape index (κ3) is 3.94. The maximum Gasteiger partial charge on any atom is 0.240 e. The van der Waals surface area contributed by atoms with Gasteiger partial charge in [0.25, 0.3) is 0 Å². The molecule has 1 fully saturated rings. The quantitative estimate of drug-likeness (QED) is 0.764. The third-order valence-electron chi connectivity index (χ3n) is 5.20. The Morgan fingerprint density at radius 2 is 1.79 bits per heavy atom. The highest BCUT2D eigenvalue weighted by atomic mass is 32.2. The van der Waals surface area contributed by atoms with Crippen molar-refractivity contribution >= 4 is 10.0 Å². The fourth-order valence-corrected chi connectivity index (χ4v) is 4.70. The van der Waals surface area contributed by atoms with E-state index in [1.807, 2.05) is 18.2 Å². The van der Waals surface area contributed by atoms with Crippen molar-refractivity contribution in [2.24, 2.45) is 0 Å². The summed E-state index contributed by atoms with van der Waals surface area (Å²) in [6.45, 7) is 2.40. The van der Waals surface area contributed by atoms with Crippen LogP contribution in [0, 0.1) is 0 Å². The van der Waals surface area contributed by atoms with Gasteiger partial charge in [0.2, 0.25) is 16.8 Å². The highest BCUT2D eigenvalue weighted by Gasteiger charge is 2.27. The van der Waals surface area contributed by atoms with Gasteiger partial charge >= 0.3 is 0 Å². The molecule has 0 amide bonds. The number of methoxy groups -OCH3 is 1. The molecule has 0 bridgehead atoms. The second-order valence-electron chi connectivity index (χ2n) is 6.90. The van der Waals surface area contributed by atoms with Gasteiger partial charge in [0, 0.05) is 12.6 Å². The zero-order valence-electron chi connectivity index (χ0n) is 15.8. The summed E-state index contributed by atoms with van der Waals surface area (Å²) < 4.78 is 44.3. The Morgan fingerprint density at radius 3 is 2.50 bits per heavy atom. The Labute approximate surface area is 165 Å². The van der Waals surface area contributed by atoms with Gasteiger partial charge in [0.05, 0.1) is 12.0 Å². The van der Waals surface area contributed by atoms with E-state index in [4.69, 9.17) is 14.2 Å². The van der Waals surface area contributed by atoms with Crippen molar-refractivity contribution in [2.75, 3.05) is 33.5 Å². The van der Waals surface area contributed by atoms with Crippen LogP contribution in [-0.2, 0) is 10.0 Å². The average molecular weight is 404 g/mol. The number of likely N-dealkylation sites (tertiary alicyclic amines) is 1. The molecule has 0 saturated carbocycles. The molecule has 4 rings (SSSR count). The van der Waals surface area contributed by atoms with Gasteiger partial charge in [-0.15, -0.1) is 0 Å². The van der Waals surface area contributed by atoms with Crippen molar-refractivity contribution in [1.29, 1.82) is 0 Å². The molecule has 0 radical (unpaired) electrons. The molecule has 1 N–H and O–H groups in total. The Morgan fingerprint density at radius 1 is 1.07 bits per heavy atom. The Balaban J connectivity index is 1.54. The minimum atomic E-state index is -3.62. The van der Waals surface area contributed by atoms with E-state index in [9.17, 15) is 8.42 Å². The number of rotatable bonds is 7. The Kier molecular flexibility index (Phi) is 5.43. The molecule has 0 spiro atoms. The largest absolute Gasteiger partial charge is 0.497 e. The molecule has 7 nitrogen and oxygen atoms in total. The molecule has 8 heteroatoms. The number of nitrogens with one attached hydrogen (secondary N) is 1. The van der Waals surface area contributed by atoms with E-state index in [-0.39, 0.29) is 24.3 Å². The third-order valence-corrected chi connectivity index (χ3v) is 6.64. The maximum atomic E-state index is 12.8. The summed E-state index contributed by atoms with van der Waals surface area (Å²) in [5.41, 5.74) is 1.02. The van der Waals surface area contributed by atoms with Crippen molar-refractivity contribution < 1.29 is 22.6 Å². The predicted octanol–water partition coefficient (Wildman–Crippen LogP) is 2.54. The molecule has 1 saturated heterocycles. The molecule has 150 valence electrons. The van der Waals surface area contributed by atoms with Crippen LogP contribution < -0.4 is 18.9 Å². The van der Waals surface area contributed by atoms with E-state index in [2.05, 4.69) is 9.62 Å². The van der Waals surface area contributed by atoms with Gasteiger partial charge in [0.15, 0.2) is 11.5 Å². The fraction of sp³-hybridized carbons (Fsp3) is 0.400. The first kappa shape index (κ1) is 19.0. The molecule has 2 aliphatic heterocycles. The number of hydrogen-bond acceptors (Lipinski definition) is 6. The lowest BCUT2D eigenvalue weighted by Gasteiger charge is -2.28. The molecule has 2 aliphatic rings. The van der Waals surface area contributed by atoms with Gasteiger partial charge in [-0.1, -0.05) is 6.07 Å². The first-order valence-corrected chi connectivity index (χ1v) is 10.8. The number of benzene rings is 2. The normalized spacial score (nSPS) is 17.6. The molecular weight excluding hydrogens is 380 g/mol. The second-order valence-corrected chi connectivity index (χ2v) is 8.67. The number of fused-ring (bicyclic) bond motifs is 1. The van der Waals surface area contributed by atoms with Gasteiger partial charge in [0.1, 0.15) is 5.75 Å². The van der Waals surface area contributed by atoms with Crippen molar-refractivity contribution in [2.45, 2.75) is 23.8 Å². The number of nitrogens with zero attached hydrogens (tertiary/aromatic N) is 1. The molecule has 2 heterocycles. The molecule has 1 unspecified atom stereocenters. The first-order chi connectivity index (χ1) is 13.6. The van der Waals surface area contributed by atoms with Gasteiger partial charge in [-0.05, 0) is 67.9 Å². The van der Waals surface area contributed by atoms with E-state index in [0.717, 1.165) is 37.2 Å². The van der Waals surface area contributed by atoms with Crippen LogP contribution >= 0.6 is 0 Å². The van der Waals surface area contributed by atoms with Crippen LogP contribution in [0.1, 0.15) is 24.4 Å². The van der Waals surface area contributed by atoms with E-state index < -0.39 is 10.0 Å². The van der Waals surface area contributed by atoms with Crippen LogP contribution in [0.4, 0.5) is 0 Å². The molecule has 2 aromatic carbocycles. The highest BCUT2D eigenvalue weighted by Crippen LogP contribution is 2.36. The zero-order chi connectivity index (χ0) is 19.6. The van der Waals surface area contributed by atoms with Crippen LogP contribution in [0.25, 0.3) is 0 Å². The van der Waals surface area contributed by atoms with Gasteiger partial charge in [-0.2, -0.15) is 0 Å². The van der Waals surface area contributed by atoms with Crippen LogP contribution in [0.2, 0.25) is 0 Å². The minimum absolute atomic E-state index is 0.0648. The number of hydrogen-bond donors (Lipinski definition) is 1. The van der Waals surface area contributed by atoms with Crippen molar-refractivity contribution in [1.82, 2.24) is 9.62 Å². The molecular formula is C20H24N2O5S. The van der Waals surface area contributed by atoms with E-state index >= 15 is 0 Å². The van der Waals surface area contributed by atoms with Gasteiger partial charge < -0.3 is 14.2 Å². The first-order valence-electron chi connectivity index (χ1n) is 9.34. The smallest absolute Gasteiger partial charge is 0.240 e. The monoisotopic (exact) mass is 404 g/mol.